The summed E-state index contributed by atoms with van der Waals surface area (Å²) >= 11 is 0. The Labute approximate surface area is 72.1 Å². The SMILES string of the molecule is CNC/C=C/Cn1cc(N)cn1. The molecule has 0 fully saturated rings. The van der Waals surface area contributed by atoms with Crippen molar-refractivity contribution in [3.05, 3.63) is 24.5 Å². The van der Waals surface area contributed by atoms with Crippen LogP contribution in [0.4, 0.5) is 5.69 Å². The summed E-state index contributed by atoms with van der Waals surface area (Å²) in [5.41, 5.74) is 6.19. The maximum Gasteiger partial charge on any atom is 0.0719 e. The van der Waals surface area contributed by atoms with Crippen LogP contribution in [0.15, 0.2) is 24.5 Å². The number of likely N-dealkylation sites (N-methyl/N-ethyl adjacent to an activating group) is 1. The number of nitrogens with one attached hydrogen (secondary N) is 1. The number of rotatable bonds is 4. The summed E-state index contributed by atoms with van der Waals surface area (Å²) in [4.78, 5) is 0. The van der Waals surface area contributed by atoms with Gasteiger partial charge in [0.05, 0.1) is 18.4 Å². The van der Waals surface area contributed by atoms with E-state index >= 15 is 0 Å². The molecule has 0 saturated heterocycles. The lowest BCUT2D eigenvalue weighted by molar-refractivity contribution is 0.700. The minimum atomic E-state index is 0.706. The Kier molecular flexibility index (Phi) is 3.35. The highest BCUT2D eigenvalue weighted by Gasteiger charge is 1.89. The molecule has 4 nitrogen and oxygen atoms in total. The van der Waals surface area contributed by atoms with Gasteiger partial charge in [0.1, 0.15) is 0 Å². The van der Waals surface area contributed by atoms with E-state index in [2.05, 4.69) is 16.5 Å². The molecule has 0 bridgehead atoms. The van der Waals surface area contributed by atoms with Gasteiger partial charge in [-0.05, 0) is 7.05 Å². The zero-order valence-electron chi connectivity index (χ0n) is 7.20. The fourth-order valence-corrected chi connectivity index (χ4v) is 0.863. The van der Waals surface area contributed by atoms with Gasteiger partial charge in [-0.15, -0.1) is 0 Å². The molecule has 0 radical (unpaired) electrons. The van der Waals surface area contributed by atoms with Crippen molar-refractivity contribution in [2.24, 2.45) is 0 Å². The number of nitrogens with zero attached hydrogens (tertiary/aromatic N) is 2. The van der Waals surface area contributed by atoms with Crippen molar-refractivity contribution in [1.29, 1.82) is 0 Å². The smallest absolute Gasteiger partial charge is 0.0719 e. The Morgan fingerprint density at radius 1 is 1.67 bits per heavy atom. The molecule has 0 saturated carbocycles. The van der Waals surface area contributed by atoms with Crippen LogP contribution in [0.2, 0.25) is 0 Å². The van der Waals surface area contributed by atoms with Gasteiger partial charge < -0.3 is 11.1 Å². The zero-order chi connectivity index (χ0) is 8.81. The van der Waals surface area contributed by atoms with Gasteiger partial charge in [-0.2, -0.15) is 5.10 Å². The third-order valence-corrected chi connectivity index (χ3v) is 1.43. The molecule has 1 rings (SSSR count). The molecule has 0 aromatic carbocycles. The summed E-state index contributed by atoms with van der Waals surface area (Å²) in [7, 11) is 1.91. The third kappa shape index (κ3) is 2.75. The van der Waals surface area contributed by atoms with E-state index in [1.54, 1.807) is 10.9 Å². The molecule has 0 amide bonds. The fraction of sp³-hybridized carbons (Fsp3) is 0.375. The number of nitrogens with two attached hydrogens (primary N) is 1. The first-order valence-corrected chi connectivity index (χ1v) is 3.90. The Bertz CT molecular complexity index is 251. The topological polar surface area (TPSA) is 55.9 Å². The minimum absolute atomic E-state index is 0.706. The normalized spacial score (nSPS) is 11.1. The monoisotopic (exact) mass is 166 g/mol. The Balaban J connectivity index is 2.33. The maximum absolute atomic E-state index is 5.49. The van der Waals surface area contributed by atoms with Crippen LogP contribution in [0, 0.1) is 0 Å². The number of anilines is 1. The number of hydrogen-bond acceptors (Lipinski definition) is 3. The molecule has 1 aromatic heterocycles. The summed E-state index contributed by atoms with van der Waals surface area (Å²) in [6, 6.07) is 0. The predicted octanol–water partition coefficient (Wildman–Crippen LogP) is 0.241. The van der Waals surface area contributed by atoms with Crippen molar-refractivity contribution < 1.29 is 0 Å². The van der Waals surface area contributed by atoms with Gasteiger partial charge >= 0.3 is 0 Å². The van der Waals surface area contributed by atoms with E-state index in [9.17, 15) is 0 Å². The van der Waals surface area contributed by atoms with Gasteiger partial charge in [0, 0.05) is 12.7 Å². The van der Waals surface area contributed by atoms with Crippen molar-refractivity contribution in [3.63, 3.8) is 0 Å². The third-order valence-electron chi connectivity index (χ3n) is 1.43. The highest BCUT2D eigenvalue weighted by atomic mass is 15.3. The van der Waals surface area contributed by atoms with Crippen molar-refractivity contribution in [3.8, 4) is 0 Å². The van der Waals surface area contributed by atoms with Crippen LogP contribution in [0.25, 0.3) is 0 Å². The molecule has 0 atom stereocenters. The molecule has 1 aromatic rings. The van der Waals surface area contributed by atoms with E-state index in [0.29, 0.717) is 5.69 Å². The molecule has 0 unspecified atom stereocenters. The minimum Gasteiger partial charge on any atom is -0.396 e. The lowest BCUT2D eigenvalue weighted by Crippen LogP contribution is -2.04. The van der Waals surface area contributed by atoms with Gasteiger partial charge in [0.25, 0.3) is 0 Å². The van der Waals surface area contributed by atoms with Crippen LogP contribution in [0.1, 0.15) is 0 Å². The second-order valence-corrected chi connectivity index (χ2v) is 2.52. The van der Waals surface area contributed by atoms with Crippen LogP contribution in [0.5, 0.6) is 0 Å². The summed E-state index contributed by atoms with van der Waals surface area (Å²) in [5, 5.41) is 7.05. The molecule has 0 aliphatic rings. The van der Waals surface area contributed by atoms with E-state index in [4.69, 9.17) is 5.73 Å². The molecule has 0 spiro atoms. The van der Waals surface area contributed by atoms with Gasteiger partial charge in [-0.25, -0.2) is 0 Å². The van der Waals surface area contributed by atoms with Crippen LogP contribution < -0.4 is 11.1 Å². The largest absolute Gasteiger partial charge is 0.396 e. The fourth-order valence-electron chi connectivity index (χ4n) is 0.863. The van der Waals surface area contributed by atoms with Crippen LogP contribution in [-0.2, 0) is 6.54 Å². The summed E-state index contributed by atoms with van der Waals surface area (Å²) in [6.45, 7) is 1.66. The number of nitrogen functional groups attached to an aromatic ring is 1. The maximum atomic E-state index is 5.49. The van der Waals surface area contributed by atoms with Gasteiger partial charge in [0.2, 0.25) is 0 Å². The molecular weight excluding hydrogens is 152 g/mol. The summed E-state index contributed by atoms with van der Waals surface area (Å²) < 4.78 is 1.79. The van der Waals surface area contributed by atoms with Crippen LogP contribution in [-0.4, -0.2) is 23.4 Å². The average molecular weight is 166 g/mol. The summed E-state index contributed by atoms with van der Waals surface area (Å²) in [6.07, 6.45) is 7.55. The van der Waals surface area contributed by atoms with Crippen LogP contribution >= 0.6 is 0 Å². The van der Waals surface area contributed by atoms with Crippen molar-refractivity contribution >= 4 is 5.69 Å². The van der Waals surface area contributed by atoms with Gasteiger partial charge in [-0.3, -0.25) is 4.68 Å². The quantitative estimate of drug-likeness (QED) is 0.630. The first-order valence-electron chi connectivity index (χ1n) is 3.90. The Morgan fingerprint density at radius 3 is 3.08 bits per heavy atom. The van der Waals surface area contributed by atoms with E-state index in [0.717, 1.165) is 13.1 Å². The lowest BCUT2D eigenvalue weighted by atomic mass is 10.5. The van der Waals surface area contributed by atoms with E-state index in [1.807, 2.05) is 19.3 Å². The number of hydrogen-bond donors (Lipinski definition) is 2. The van der Waals surface area contributed by atoms with E-state index < -0.39 is 0 Å². The molecule has 66 valence electrons. The molecule has 3 N–H and O–H groups in total. The standard InChI is InChI=1S/C8H14N4/c1-10-4-2-3-5-12-7-8(9)6-11-12/h2-3,6-7,10H,4-5,9H2,1H3/b3-2+. The van der Waals surface area contributed by atoms with Crippen molar-refractivity contribution in [1.82, 2.24) is 15.1 Å². The molecule has 1 heterocycles. The Morgan fingerprint density at radius 2 is 2.50 bits per heavy atom. The van der Waals surface area contributed by atoms with Gasteiger partial charge in [0.15, 0.2) is 0 Å². The Hall–Kier alpha value is -1.29. The zero-order valence-corrected chi connectivity index (χ0v) is 7.20. The summed E-state index contributed by atoms with van der Waals surface area (Å²) in [5.74, 6) is 0. The number of allylic oxidation sites excluding steroid dienone is 1. The van der Waals surface area contributed by atoms with Crippen molar-refractivity contribution in [2.45, 2.75) is 6.54 Å². The molecular formula is C8H14N4. The molecule has 0 aliphatic heterocycles. The molecule has 0 aliphatic carbocycles. The molecule has 12 heavy (non-hydrogen) atoms. The van der Waals surface area contributed by atoms with Crippen LogP contribution in [0.3, 0.4) is 0 Å². The first-order chi connectivity index (χ1) is 5.83. The predicted molar refractivity (Wildman–Crippen MR) is 49.7 cm³/mol. The highest BCUT2D eigenvalue weighted by molar-refractivity contribution is 5.30. The highest BCUT2D eigenvalue weighted by Crippen LogP contribution is 1.96. The van der Waals surface area contributed by atoms with Crippen molar-refractivity contribution in [2.75, 3.05) is 19.3 Å². The second-order valence-electron chi connectivity index (χ2n) is 2.52. The second kappa shape index (κ2) is 4.56. The number of aromatic nitrogens is 2. The van der Waals surface area contributed by atoms with E-state index in [1.165, 1.54) is 0 Å². The average Bonchev–Trinajstić information content (AvgIpc) is 2.45. The molecule has 4 heteroatoms. The lowest BCUT2D eigenvalue weighted by Gasteiger charge is -1.93. The van der Waals surface area contributed by atoms with Gasteiger partial charge in [-0.1, -0.05) is 12.2 Å². The van der Waals surface area contributed by atoms with E-state index in [-0.39, 0.29) is 0 Å². The first kappa shape index (κ1) is 8.80.